The monoisotopic (exact) mass is 724 g/mol. The second kappa shape index (κ2) is 16.4. The molecule has 0 bridgehead atoms. The number of carbonyl (C=O) groups excluding carboxylic acids is 4. The van der Waals surface area contributed by atoms with Crippen molar-refractivity contribution in [1.29, 1.82) is 0 Å². The Morgan fingerprint density at radius 2 is 1.69 bits per heavy atom. The fourth-order valence-electron chi connectivity index (χ4n) is 5.88. The Hall–Kier alpha value is -4.87. The number of esters is 1. The summed E-state index contributed by atoms with van der Waals surface area (Å²) in [5.41, 5.74) is 4.34. The second-order valence-corrected chi connectivity index (χ2v) is 15.8. The number of thiophene rings is 1. The summed E-state index contributed by atoms with van der Waals surface area (Å²) in [5, 5.41) is 9.16. The molecule has 1 aromatic heterocycles. The zero-order valence-corrected chi connectivity index (χ0v) is 31.4. The SMILES string of the molecule is COC(=O)c1c(NC(=O)CSc2cccc(NC(=O)/C(=C\c3ccc(N(C)C)cc3)NC(=O)c3ccccc3)c2)sc2c1CCC(C(C)(C)C)C2. The fraction of sp³-hybridized carbons (Fsp3) is 0.300. The second-order valence-electron chi connectivity index (χ2n) is 13.7. The van der Waals surface area contributed by atoms with Gasteiger partial charge in [0.15, 0.2) is 0 Å². The molecule has 3 aromatic carbocycles. The van der Waals surface area contributed by atoms with Crippen molar-refractivity contribution in [2.24, 2.45) is 11.3 Å². The van der Waals surface area contributed by atoms with Gasteiger partial charge in [-0.05, 0) is 90.3 Å². The van der Waals surface area contributed by atoms with Gasteiger partial charge in [-0.3, -0.25) is 14.4 Å². The quantitative estimate of drug-likeness (QED) is 0.0819. The van der Waals surface area contributed by atoms with Crippen LogP contribution in [0.3, 0.4) is 0 Å². The van der Waals surface area contributed by atoms with Crippen molar-refractivity contribution in [2.75, 3.05) is 42.5 Å². The average molecular weight is 725 g/mol. The first kappa shape index (κ1) is 37.4. The topological polar surface area (TPSA) is 117 Å². The molecule has 266 valence electrons. The minimum absolute atomic E-state index is 0.0766. The first-order chi connectivity index (χ1) is 24.3. The Bertz CT molecular complexity index is 1930. The number of rotatable bonds is 11. The maximum Gasteiger partial charge on any atom is 0.341 e. The fourth-order valence-corrected chi connectivity index (χ4v) is 7.97. The number of thioether (sulfide) groups is 1. The summed E-state index contributed by atoms with van der Waals surface area (Å²) in [6.45, 7) is 6.72. The van der Waals surface area contributed by atoms with Crippen LogP contribution in [0.2, 0.25) is 0 Å². The van der Waals surface area contributed by atoms with E-state index in [9.17, 15) is 19.2 Å². The predicted molar refractivity (Wildman–Crippen MR) is 208 cm³/mol. The van der Waals surface area contributed by atoms with Gasteiger partial charge in [0, 0.05) is 40.8 Å². The van der Waals surface area contributed by atoms with Crippen molar-refractivity contribution in [1.82, 2.24) is 5.32 Å². The van der Waals surface area contributed by atoms with Crippen LogP contribution < -0.4 is 20.9 Å². The molecular formula is C40H44N4O5S2. The van der Waals surface area contributed by atoms with Gasteiger partial charge in [0.2, 0.25) is 5.91 Å². The third kappa shape index (κ3) is 9.68. The Kier molecular flexibility index (Phi) is 12.0. The van der Waals surface area contributed by atoms with Crippen LogP contribution in [0.25, 0.3) is 6.08 Å². The van der Waals surface area contributed by atoms with Crippen LogP contribution in [0.15, 0.2) is 89.5 Å². The summed E-state index contributed by atoms with van der Waals surface area (Å²) >= 11 is 2.77. The van der Waals surface area contributed by atoms with Crippen LogP contribution in [-0.4, -0.2) is 50.6 Å². The van der Waals surface area contributed by atoms with Gasteiger partial charge in [0.1, 0.15) is 10.7 Å². The third-order valence-electron chi connectivity index (χ3n) is 8.84. The van der Waals surface area contributed by atoms with E-state index in [0.717, 1.165) is 45.8 Å². The van der Waals surface area contributed by atoms with Crippen LogP contribution >= 0.6 is 23.1 Å². The van der Waals surface area contributed by atoms with E-state index in [1.165, 1.54) is 30.2 Å². The van der Waals surface area contributed by atoms with E-state index < -0.39 is 17.8 Å². The van der Waals surface area contributed by atoms with Gasteiger partial charge < -0.3 is 25.6 Å². The number of hydrogen-bond donors (Lipinski definition) is 3. The lowest BCUT2D eigenvalue weighted by Crippen LogP contribution is -2.30. The van der Waals surface area contributed by atoms with Crippen LogP contribution in [0.4, 0.5) is 16.4 Å². The Morgan fingerprint density at radius 1 is 0.961 bits per heavy atom. The summed E-state index contributed by atoms with van der Waals surface area (Å²) in [6, 6.07) is 23.5. The van der Waals surface area contributed by atoms with Crippen LogP contribution in [0, 0.1) is 11.3 Å². The highest BCUT2D eigenvalue weighted by Gasteiger charge is 2.34. The summed E-state index contributed by atoms with van der Waals surface area (Å²) in [7, 11) is 5.25. The van der Waals surface area contributed by atoms with Crippen molar-refractivity contribution >= 4 is 69.2 Å². The normalized spacial score (nSPS) is 14.2. The number of benzene rings is 3. The maximum atomic E-state index is 13.6. The first-order valence-corrected chi connectivity index (χ1v) is 18.5. The van der Waals surface area contributed by atoms with Crippen LogP contribution in [-0.2, 0) is 27.2 Å². The van der Waals surface area contributed by atoms with Crippen LogP contribution in [0.1, 0.15) is 63.9 Å². The Balaban J connectivity index is 1.27. The van der Waals surface area contributed by atoms with Gasteiger partial charge >= 0.3 is 5.97 Å². The predicted octanol–water partition coefficient (Wildman–Crippen LogP) is 7.89. The molecule has 3 amide bonds. The lowest BCUT2D eigenvalue weighted by molar-refractivity contribution is -0.114. The highest BCUT2D eigenvalue weighted by Crippen LogP contribution is 2.44. The van der Waals surface area contributed by atoms with Crippen molar-refractivity contribution in [3.63, 3.8) is 0 Å². The molecule has 1 heterocycles. The smallest absolute Gasteiger partial charge is 0.341 e. The molecule has 3 N–H and O–H groups in total. The molecule has 51 heavy (non-hydrogen) atoms. The number of hydrogen-bond acceptors (Lipinski definition) is 8. The van der Waals surface area contributed by atoms with Crippen molar-refractivity contribution in [2.45, 2.75) is 44.9 Å². The van der Waals surface area contributed by atoms with Gasteiger partial charge in [-0.25, -0.2) is 4.79 Å². The molecule has 0 fully saturated rings. The molecule has 0 saturated carbocycles. The largest absolute Gasteiger partial charge is 0.465 e. The maximum absolute atomic E-state index is 13.6. The minimum Gasteiger partial charge on any atom is -0.465 e. The number of nitrogens with one attached hydrogen (secondary N) is 3. The number of methoxy groups -OCH3 is 1. The average Bonchev–Trinajstić information content (AvgIpc) is 3.47. The summed E-state index contributed by atoms with van der Waals surface area (Å²) in [5.74, 6) is -1.02. The Labute approximate surface area is 307 Å². The van der Waals surface area contributed by atoms with E-state index in [4.69, 9.17) is 4.74 Å². The first-order valence-electron chi connectivity index (χ1n) is 16.7. The summed E-state index contributed by atoms with van der Waals surface area (Å²) < 4.78 is 5.11. The molecule has 1 unspecified atom stereocenters. The van der Waals surface area contributed by atoms with E-state index in [1.807, 2.05) is 55.4 Å². The molecule has 1 aliphatic rings. The molecular weight excluding hydrogens is 681 g/mol. The standard InChI is InChI=1S/C40H44N4O5S2/c1-40(2,3)27-17-20-31-33(22-27)51-38(35(31)39(48)49-6)43-34(45)24-50-30-14-10-13-28(23-30)41-37(47)32(42-36(46)26-11-8-7-9-12-26)21-25-15-18-29(19-16-25)44(4)5/h7-16,18-19,21,23,27H,17,20,22,24H2,1-6H3,(H,41,47)(H,42,46)(H,43,45)/b32-21+. The third-order valence-corrected chi connectivity index (χ3v) is 11.0. The van der Waals surface area contributed by atoms with Crippen LogP contribution in [0.5, 0.6) is 0 Å². The molecule has 0 aliphatic heterocycles. The molecule has 0 spiro atoms. The van der Waals surface area contributed by atoms with Gasteiger partial charge in [-0.1, -0.05) is 57.2 Å². The molecule has 5 rings (SSSR count). The van der Waals surface area contributed by atoms with Gasteiger partial charge in [0.05, 0.1) is 18.4 Å². The lowest BCUT2D eigenvalue weighted by atomic mass is 9.72. The molecule has 1 aliphatic carbocycles. The Morgan fingerprint density at radius 3 is 2.35 bits per heavy atom. The molecule has 11 heteroatoms. The molecule has 0 saturated heterocycles. The summed E-state index contributed by atoms with van der Waals surface area (Å²) in [4.78, 5) is 56.5. The number of amides is 3. The van der Waals surface area contributed by atoms with Crippen molar-refractivity contribution in [3.8, 4) is 0 Å². The molecule has 0 radical (unpaired) electrons. The molecule has 4 aromatic rings. The van der Waals surface area contributed by atoms with E-state index in [2.05, 4.69) is 36.7 Å². The van der Waals surface area contributed by atoms with E-state index in [1.54, 1.807) is 48.5 Å². The van der Waals surface area contributed by atoms with Crippen molar-refractivity contribution < 1.29 is 23.9 Å². The van der Waals surface area contributed by atoms with E-state index in [-0.39, 0.29) is 22.8 Å². The van der Waals surface area contributed by atoms with Gasteiger partial charge in [0.25, 0.3) is 11.8 Å². The minimum atomic E-state index is -0.499. The zero-order chi connectivity index (χ0) is 36.7. The highest BCUT2D eigenvalue weighted by atomic mass is 32.2. The molecule has 1 atom stereocenters. The highest BCUT2D eigenvalue weighted by molar-refractivity contribution is 8.00. The number of carbonyl (C=O) groups is 4. The summed E-state index contributed by atoms with van der Waals surface area (Å²) in [6.07, 6.45) is 4.25. The van der Waals surface area contributed by atoms with E-state index >= 15 is 0 Å². The number of ether oxygens (including phenoxy) is 1. The number of nitrogens with zero attached hydrogens (tertiary/aromatic N) is 1. The van der Waals surface area contributed by atoms with Gasteiger partial charge in [-0.15, -0.1) is 23.1 Å². The lowest BCUT2D eigenvalue weighted by Gasteiger charge is -2.33. The molecule has 9 nitrogen and oxygen atoms in total. The number of fused-ring (bicyclic) bond motifs is 1. The zero-order valence-electron chi connectivity index (χ0n) is 29.8. The number of anilines is 3. The van der Waals surface area contributed by atoms with Gasteiger partial charge in [-0.2, -0.15) is 0 Å². The van der Waals surface area contributed by atoms with E-state index in [0.29, 0.717) is 27.7 Å². The van der Waals surface area contributed by atoms with Crippen molar-refractivity contribution in [3.05, 3.63) is 112 Å².